The summed E-state index contributed by atoms with van der Waals surface area (Å²) in [6.07, 6.45) is 5.15. The molecule has 1 amide bonds. The van der Waals surface area contributed by atoms with Gasteiger partial charge in [0, 0.05) is 39.1 Å². The Morgan fingerprint density at radius 3 is 3.05 bits per heavy atom. The maximum absolute atomic E-state index is 12.4. The number of imidazole rings is 1. The quantitative estimate of drug-likeness (QED) is 0.872. The van der Waals surface area contributed by atoms with Crippen molar-refractivity contribution in [3.8, 4) is 0 Å². The molecule has 7 nitrogen and oxygen atoms in total. The van der Waals surface area contributed by atoms with Crippen LogP contribution in [0.15, 0.2) is 18.6 Å². The standard InChI is InChI=1S/C11H14N6OS.ClH/c1-16-4-3-13-10(16)9-7-12-2-5-17(9)11(18)8-6-14-19-15-8;/h3-4,6,9,12H,2,5,7H2,1H3;1H. The molecule has 3 heterocycles. The van der Waals surface area contributed by atoms with Crippen LogP contribution in [0.4, 0.5) is 0 Å². The molecule has 2 aromatic heterocycles. The van der Waals surface area contributed by atoms with E-state index >= 15 is 0 Å². The molecule has 0 aliphatic carbocycles. The maximum Gasteiger partial charge on any atom is 0.275 e. The van der Waals surface area contributed by atoms with Gasteiger partial charge < -0.3 is 14.8 Å². The fraction of sp³-hybridized carbons (Fsp3) is 0.455. The van der Waals surface area contributed by atoms with Crippen molar-refractivity contribution in [1.29, 1.82) is 0 Å². The smallest absolute Gasteiger partial charge is 0.275 e. The van der Waals surface area contributed by atoms with Gasteiger partial charge in [-0.1, -0.05) is 0 Å². The Morgan fingerprint density at radius 2 is 2.40 bits per heavy atom. The van der Waals surface area contributed by atoms with E-state index in [0.717, 1.165) is 24.1 Å². The zero-order valence-corrected chi connectivity index (χ0v) is 12.5. The summed E-state index contributed by atoms with van der Waals surface area (Å²) >= 11 is 1.05. The number of nitrogens with zero attached hydrogens (tertiary/aromatic N) is 5. The zero-order chi connectivity index (χ0) is 13.2. The van der Waals surface area contributed by atoms with Crippen LogP contribution in [0.3, 0.4) is 0 Å². The third-order valence-electron chi connectivity index (χ3n) is 3.24. The molecule has 0 bridgehead atoms. The molecule has 0 spiro atoms. The molecule has 1 aliphatic rings. The zero-order valence-electron chi connectivity index (χ0n) is 10.9. The van der Waals surface area contributed by atoms with Crippen LogP contribution in [-0.2, 0) is 7.05 Å². The van der Waals surface area contributed by atoms with Crippen molar-refractivity contribution in [2.24, 2.45) is 7.05 Å². The van der Waals surface area contributed by atoms with Crippen LogP contribution in [0.2, 0.25) is 0 Å². The molecule has 0 radical (unpaired) electrons. The molecule has 0 aromatic carbocycles. The number of carbonyl (C=O) groups is 1. The van der Waals surface area contributed by atoms with Gasteiger partial charge in [-0.05, 0) is 0 Å². The number of carbonyl (C=O) groups excluding carboxylic acids is 1. The van der Waals surface area contributed by atoms with E-state index < -0.39 is 0 Å². The first kappa shape index (κ1) is 14.9. The van der Waals surface area contributed by atoms with Crippen molar-refractivity contribution in [2.45, 2.75) is 6.04 Å². The molecular formula is C11H15ClN6OS. The number of nitrogens with one attached hydrogen (secondary N) is 1. The second kappa shape index (κ2) is 6.29. The van der Waals surface area contributed by atoms with Crippen LogP contribution in [-0.4, -0.2) is 48.7 Å². The minimum absolute atomic E-state index is 0. The molecule has 1 aliphatic heterocycles. The first-order chi connectivity index (χ1) is 9.27. The van der Waals surface area contributed by atoms with Gasteiger partial charge in [0.1, 0.15) is 11.9 Å². The van der Waals surface area contributed by atoms with E-state index in [-0.39, 0.29) is 24.4 Å². The second-order valence-electron chi connectivity index (χ2n) is 4.41. The summed E-state index contributed by atoms with van der Waals surface area (Å²) in [5.41, 5.74) is 0.408. The molecule has 108 valence electrons. The Labute approximate surface area is 126 Å². The van der Waals surface area contributed by atoms with E-state index in [9.17, 15) is 4.79 Å². The average molecular weight is 315 g/mol. The molecule has 0 saturated carbocycles. The highest BCUT2D eigenvalue weighted by Crippen LogP contribution is 2.22. The lowest BCUT2D eigenvalue weighted by Gasteiger charge is -2.35. The predicted molar refractivity (Wildman–Crippen MR) is 77.0 cm³/mol. The topological polar surface area (TPSA) is 75.9 Å². The van der Waals surface area contributed by atoms with E-state index in [1.54, 1.807) is 6.20 Å². The van der Waals surface area contributed by atoms with Crippen LogP contribution in [0.5, 0.6) is 0 Å². The van der Waals surface area contributed by atoms with E-state index in [4.69, 9.17) is 0 Å². The van der Waals surface area contributed by atoms with Gasteiger partial charge >= 0.3 is 0 Å². The van der Waals surface area contributed by atoms with Gasteiger partial charge in [0.2, 0.25) is 0 Å². The first-order valence-electron chi connectivity index (χ1n) is 6.04. The maximum atomic E-state index is 12.4. The lowest BCUT2D eigenvalue weighted by Crippen LogP contribution is -2.49. The third kappa shape index (κ3) is 2.67. The number of aryl methyl sites for hydroxylation is 1. The number of hydrogen-bond acceptors (Lipinski definition) is 6. The SMILES string of the molecule is Cl.Cn1ccnc1C1CNCCN1C(=O)c1cnsn1. The minimum Gasteiger partial charge on any atom is -0.336 e. The van der Waals surface area contributed by atoms with Crippen LogP contribution in [0.1, 0.15) is 22.4 Å². The molecule has 1 N–H and O–H groups in total. The monoisotopic (exact) mass is 314 g/mol. The van der Waals surface area contributed by atoms with Gasteiger partial charge in [0.05, 0.1) is 17.9 Å². The van der Waals surface area contributed by atoms with E-state index in [1.165, 1.54) is 6.20 Å². The number of halogens is 1. The Hall–Kier alpha value is -1.51. The number of rotatable bonds is 2. The van der Waals surface area contributed by atoms with Crippen LogP contribution in [0.25, 0.3) is 0 Å². The average Bonchev–Trinajstić information content (AvgIpc) is 3.09. The molecular weight excluding hydrogens is 300 g/mol. The predicted octanol–water partition coefficient (Wildman–Crippen LogP) is 0.480. The van der Waals surface area contributed by atoms with Crippen molar-refractivity contribution < 1.29 is 4.79 Å². The second-order valence-corrected chi connectivity index (χ2v) is 4.96. The van der Waals surface area contributed by atoms with Gasteiger partial charge in [-0.25, -0.2) is 4.98 Å². The van der Waals surface area contributed by atoms with Crippen molar-refractivity contribution in [2.75, 3.05) is 19.6 Å². The summed E-state index contributed by atoms with van der Waals surface area (Å²) in [6.45, 7) is 2.13. The Morgan fingerprint density at radius 1 is 1.55 bits per heavy atom. The lowest BCUT2D eigenvalue weighted by atomic mass is 10.1. The highest BCUT2D eigenvalue weighted by molar-refractivity contribution is 6.99. The fourth-order valence-corrected chi connectivity index (χ4v) is 2.69. The highest BCUT2D eigenvalue weighted by Gasteiger charge is 2.31. The number of aromatic nitrogens is 4. The summed E-state index contributed by atoms with van der Waals surface area (Å²) in [5.74, 6) is 0.798. The van der Waals surface area contributed by atoms with Crippen LogP contribution in [0, 0.1) is 0 Å². The van der Waals surface area contributed by atoms with Crippen molar-refractivity contribution in [3.63, 3.8) is 0 Å². The minimum atomic E-state index is -0.0803. The van der Waals surface area contributed by atoms with Crippen molar-refractivity contribution in [1.82, 2.24) is 28.5 Å². The number of piperazine rings is 1. The van der Waals surface area contributed by atoms with Crippen molar-refractivity contribution in [3.05, 3.63) is 30.1 Å². The van der Waals surface area contributed by atoms with Crippen molar-refractivity contribution >= 4 is 30.0 Å². The van der Waals surface area contributed by atoms with Crippen LogP contribution >= 0.6 is 24.1 Å². The summed E-state index contributed by atoms with van der Waals surface area (Å²) in [6, 6.07) is -0.0667. The van der Waals surface area contributed by atoms with E-state index in [2.05, 4.69) is 19.0 Å². The molecule has 1 fully saturated rings. The Balaban J connectivity index is 0.00000147. The molecule has 1 unspecified atom stereocenters. The molecule has 2 aromatic rings. The van der Waals surface area contributed by atoms with Crippen LogP contribution < -0.4 is 5.32 Å². The third-order valence-corrected chi connectivity index (χ3v) is 3.72. The summed E-state index contributed by atoms with van der Waals surface area (Å²) < 4.78 is 9.85. The van der Waals surface area contributed by atoms with Gasteiger partial charge in [-0.3, -0.25) is 4.79 Å². The summed E-state index contributed by atoms with van der Waals surface area (Å²) in [5, 5.41) is 3.30. The summed E-state index contributed by atoms with van der Waals surface area (Å²) in [4.78, 5) is 18.6. The Kier molecular flexibility index (Phi) is 4.69. The summed E-state index contributed by atoms with van der Waals surface area (Å²) in [7, 11) is 1.93. The molecule has 9 heteroatoms. The van der Waals surface area contributed by atoms with E-state index in [1.807, 2.05) is 22.7 Å². The normalized spacial score (nSPS) is 18.6. The molecule has 1 atom stereocenters. The highest BCUT2D eigenvalue weighted by atomic mass is 35.5. The molecule has 3 rings (SSSR count). The molecule has 1 saturated heterocycles. The largest absolute Gasteiger partial charge is 0.336 e. The van der Waals surface area contributed by atoms with Gasteiger partial charge in [-0.15, -0.1) is 12.4 Å². The number of amides is 1. The number of hydrogen-bond donors (Lipinski definition) is 1. The molecule has 20 heavy (non-hydrogen) atoms. The van der Waals surface area contributed by atoms with Gasteiger partial charge in [0.15, 0.2) is 5.69 Å². The lowest BCUT2D eigenvalue weighted by molar-refractivity contribution is 0.0616. The first-order valence-corrected chi connectivity index (χ1v) is 6.77. The van der Waals surface area contributed by atoms with Gasteiger partial charge in [-0.2, -0.15) is 8.75 Å². The van der Waals surface area contributed by atoms with E-state index in [0.29, 0.717) is 18.8 Å². The van der Waals surface area contributed by atoms with Gasteiger partial charge in [0.25, 0.3) is 5.91 Å². The Bertz CT molecular complexity index is 571. The fourth-order valence-electron chi connectivity index (χ4n) is 2.28.